The highest BCUT2D eigenvalue weighted by molar-refractivity contribution is 14.1. The zero-order valence-electron chi connectivity index (χ0n) is 7.05. The van der Waals surface area contributed by atoms with Crippen LogP contribution in [0.25, 0.3) is 0 Å². The van der Waals surface area contributed by atoms with E-state index in [1.807, 2.05) is 22.6 Å². The Bertz CT molecular complexity index is 400. The molecule has 72 valence electrons. The molecule has 3 nitrogen and oxygen atoms in total. The SMILES string of the molecule is N#CCC(=O)Nc1ccc(F)cc1I. The van der Waals surface area contributed by atoms with E-state index in [0.717, 1.165) is 0 Å². The molecule has 14 heavy (non-hydrogen) atoms. The fraction of sp³-hybridized carbons (Fsp3) is 0.111. The molecule has 0 saturated carbocycles. The Morgan fingerprint density at radius 2 is 2.36 bits per heavy atom. The molecule has 0 spiro atoms. The maximum atomic E-state index is 12.7. The molecule has 0 heterocycles. The molecule has 1 N–H and O–H groups in total. The summed E-state index contributed by atoms with van der Waals surface area (Å²) in [7, 11) is 0. The van der Waals surface area contributed by atoms with E-state index in [2.05, 4.69) is 5.32 Å². The van der Waals surface area contributed by atoms with Crippen LogP contribution in [0.4, 0.5) is 10.1 Å². The molecule has 5 heteroatoms. The smallest absolute Gasteiger partial charge is 0.238 e. The van der Waals surface area contributed by atoms with E-state index in [1.54, 1.807) is 6.07 Å². The second kappa shape index (κ2) is 4.91. The van der Waals surface area contributed by atoms with Crippen LogP contribution in [-0.2, 0) is 4.79 Å². The van der Waals surface area contributed by atoms with Crippen molar-refractivity contribution in [3.8, 4) is 6.07 Å². The number of nitrogens with one attached hydrogen (secondary N) is 1. The lowest BCUT2D eigenvalue weighted by atomic mass is 10.3. The fourth-order valence-electron chi connectivity index (χ4n) is 0.857. The number of hydrogen-bond acceptors (Lipinski definition) is 2. The van der Waals surface area contributed by atoms with Crippen molar-refractivity contribution < 1.29 is 9.18 Å². The highest BCUT2D eigenvalue weighted by Gasteiger charge is 2.05. The van der Waals surface area contributed by atoms with Gasteiger partial charge < -0.3 is 5.32 Å². The van der Waals surface area contributed by atoms with Crippen molar-refractivity contribution >= 4 is 34.2 Å². The van der Waals surface area contributed by atoms with Crippen molar-refractivity contribution in [2.24, 2.45) is 0 Å². The molecule has 0 radical (unpaired) electrons. The quantitative estimate of drug-likeness (QED) is 0.852. The predicted octanol–water partition coefficient (Wildman–Crippen LogP) is 2.28. The summed E-state index contributed by atoms with van der Waals surface area (Å²) in [5, 5.41) is 10.8. The lowest BCUT2D eigenvalue weighted by molar-refractivity contribution is -0.115. The van der Waals surface area contributed by atoms with Gasteiger partial charge in [-0.15, -0.1) is 0 Å². The highest BCUT2D eigenvalue weighted by atomic mass is 127. The molecule has 0 aromatic heterocycles. The van der Waals surface area contributed by atoms with Gasteiger partial charge in [0.2, 0.25) is 5.91 Å². The molecule has 1 amide bonds. The Labute approximate surface area is 94.1 Å². The van der Waals surface area contributed by atoms with Crippen LogP contribution in [0.15, 0.2) is 18.2 Å². The number of amides is 1. The monoisotopic (exact) mass is 304 g/mol. The molecule has 0 fully saturated rings. The van der Waals surface area contributed by atoms with Gasteiger partial charge in [0.1, 0.15) is 12.2 Å². The average molecular weight is 304 g/mol. The molecule has 0 unspecified atom stereocenters. The molecule has 1 aromatic rings. The number of benzene rings is 1. The van der Waals surface area contributed by atoms with Crippen molar-refractivity contribution in [3.05, 3.63) is 27.6 Å². The van der Waals surface area contributed by atoms with Crippen LogP contribution in [0, 0.1) is 20.7 Å². The Morgan fingerprint density at radius 1 is 1.64 bits per heavy atom. The van der Waals surface area contributed by atoms with Gasteiger partial charge in [0.15, 0.2) is 0 Å². The third-order valence-corrected chi connectivity index (χ3v) is 2.34. The Hall–Kier alpha value is -1.16. The lowest BCUT2D eigenvalue weighted by Crippen LogP contribution is -2.11. The third kappa shape index (κ3) is 2.96. The second-order valence-electron chi connectivity index (χ2n) is 2.51. The minimum Gasteiger partial charge on any atom is -0.324 e. The zero-order valence-corrected chi connectivity index (χ0v) is 9.21. The van der Waals surface area contributed by atoms with Crippen LogP contribution in [-0.4, -0.2) is 5.91 Å². The molecule has 0 aliphatic carbocycles. The Kier molecular flexibility index (Phi) is 3.83. The predicted molar refractivity (Wildman–Crippen MR) is 58.0 cm³/mol. The first kappa shape index (κ1) is 10.9. The van der Waals surface area contributed by atoms with E-state index >= 15 is 0 Å². The minimum atomic E-state index is -0.392. The van der Waals surface area contributed by atoms with Gasteiger partial charge in [0.05, 0.1) is 11.8 Å². The average Bonchev–Trinajstić information content (AvgIpc) is 2.10. The summed E-state index contributed by atoms with van der Waals surface area (Å²) in [6.07, 6.45) is -0.201. The fourth-order valence-corrected chi connectivity index (χ4v) is 1.47. The van der Waals surface area contributed by atoms with Crippen LogP contribution in [0.3, 0.4) is 0 Å². The molecule has 0 atom stereocenters. The summed E-state index contributed by atoms with van der Waals surface area (Å²) >= 11 is 1.91. The van der Waals surface area contributed by atoms with Crippen LogP contribution in [0.5, 0.6) is 0 Å². The summed E-state index contributed by atoms with van der Waals surface area (Å²) < 4.78 is 13.3. The van der Waals surface area contributed by atoms with E-state index in [1.165, 1.54) is 18.2 Å². The largest absolute Gasteiger partial charge is 0.324 e. The maximum Gasteiger partial charge on any atom is 0.238 e. The van der Waals surface area contributed by atoms with Gasteiger partial charge in [-0.1, -0.05) is 0 Å². The summed E-state index contributed by atoms with van der Waals surface area (Å²) in [5.74, 6) is -0.746. The van der Waals surface area contributed by atoms with Crippen molar-refractivity contribution in [3.63, 3.8) is 0 Å². The van der Waals surface area contributed by atoms with E-state index in [0.29, 0.717) is 9.26 Å². The molecule has 1 rings (SSSR count). The number of hydrogen-bond donors (Lipinski definition) is 1. The number of nitriles is 1. The van der Waals surface area contributed by atoms with Gasteiger partial charge in [-0.3, -0.25) is 4.79 Å². The first-order valence-corrected chi connectivity index (χ1v) is 4.83. The van der Waals surface area contributed by atoms with E-state index in [-0.39, 0.29) is 12.2 Å². The molecule has 0 aliphatic heterocycles. The number of anilines is 1. The third-order valence-electron chi connectivity index (χ3n) is 1.44. The molecule has 0 bridgehead atoms. The van der Waals surface area contributed by atoms with Crippen molar-refractivity contribution in [1.29, 1.82) is 5.26 Å². The van der Waals surface area contributed by atoms with Gasteiger partial charge in [-0.25, -0.2) is 4.39 Å². The van der Waals surface area contributed by atoms with Crippen LogP contribution >= 0.6 is 22.6 Å². The summed E-state index contributed by atoms with van der Waals surface area (Å²) in [5.41, 5.74) is 0.521. The summed E-state index contributed by atoms with van der Waals surface area (Å²) in [6, 6.07) is 5.76. The number of rotatable bonds is 2. The van der Waals surface area contributed by atoms with Crippen molar-refractivity contribution in [2.45, 2.75) is 6.42 Å². The van der Waals surface area contributed by atoms with E-state index in [9.17, 15) is 9.18 Å². The Morgan fingerprint density at radius 3 is 2.93 bits per heavy atom. The van der Waals surface area contributed by atoms with Gasteiger partial charge in [-0.2, -0.15) is 5.26 Å². The van der Waals surface area contributed by atoms with Gasteiger partial charge in [-0.05, 0) is 40.8 Å². The number of nitrogens with zero attached hydrogens (tertiary/aromatic N) is 1. The molecule has 1 aromatic carbocycles. The lowest BCUT2D eigenvalue weighted by Gasteiger charge is -2.04. The zero-order chi connectivity index (χ0) is 10.6. The maximum absolute atomic E-state index is 12.7. The molecular weight excluding hydrogens is 298 g/mol. The minimum absolute atomic E-state index is 0.201. The van der Waals surface area contributed by atoms with E-state index in [4.69, 9.17) is 5.26 Å². The van der Waals surface area contributed by atoms with Crippen molar-refractivity contribution in [1.82, 2.24) is 0 Å². The molecule has 0 saturated heterocycles. The van der Waals surface area contributed by atoms with Gasteiger partial charge in [0.25, 0.3) is 0 Å². The first-order valence-electron chi connectivity index (χ1n) is 3.75. The topological polar surface area (TPSA) is 52.9 Å². The molecular formula is C9H6FIN2O. The Balaban J connectivity index is 2.78. The van der Waals surface area contributed by atoms with Crippen LogP contribution in [0.1, 0.15) is 6.42 Å². The van der Waals surface area contributed by atoms with Gasteiger partial charge >= 0.3 is 0 Å². The van der Waals surface area contributed by atoms with Crippen LogP contribution < -0.4 is 5.32 Å². The number of carbonyl (C=O) groups excluding carboxylic acids is 1. The van der Waals surface area contributed by atoms with Crippen molar-refractivity contribution in [2.75, 3.05) is 5.32 Å². The highest BCUT2D eigenvalue weighted by Crippen LogP contribution is 2.18. The van der Waals surface area contributed by atoms with Gasteiger partial charge in [0, 0.05) is 3.57 Å². The first-order chi connectivity index (χ1) is 6.63. The van der Waals surface area contributed by atoms with E-state index < -0.39 is 5.91 Å². The summed E-state index contributed by atoms with van der Waals surface area (Å²) in [6.45, 7) is 0. The standard InChI is InChI=1S/C9H6FIN2O/c10-6-1-2-8(7(11)5-6)13-9(14)3-4-12/h1-2,5H,3H2,(H,13,14). The normalized spacial score (nSPS) is 9.21. The molecule has 0 aliphatic rings. The second-order valence-corrected chi connectivity index (χ2v) is 3.67. The number of halogens is 2. The number of carbonyl (C=O) groups is 1. The summed E-state index contributed by atoms with van der Waals surface area (Å²) in [4.78, 5) is 11.0. The van der Waals surface area contributed by atoms with Crippen LogP contribution in [0.2, 0.25) is 0 Å².